The molecule has 0 fully saturated rings. The van der Waals surface area contributed by atoms with Crippen LogP contribution in [0.4, 0.5) is 11.6 Å². The van der Waals surface area contributed by atoms with Crippen molar-refractivity contribution in [3.8, 4) is 0 Å². The van der Waals surface area contributed by atoms with Crippen molar-refractivity contribution in [3.63, 3.8) is 0 Å². The highest BCUT2D eigenvalue weighted by Crippen LogP contribution is 2.35. The third-order valence-corrected chi connectivity index (χ3v) is 5.78. The topological polar surface area (TPSA) is 92.3 Å². The molecule has 1 amide bonds. The fourth-order valence-electron chi connectivity index (χ4n) is 2.45. The Morgan fingerprint density at radius 1 is 1.30 bits per heavy atom. The molecule has 1 aromatic carbocycles. The molecule has 2 aromatic rings. The largest absolute Gasteiger partial charge is 0.312 e. The number of amides is 1. The second-order valence-electron chi connectivity index (χ2n) is 5.01. The van der Waals surface area contributed by atoms with Gasteiger partial charge in [-0.1, -0.05) is 0 Å². The number of halogens is 1. The van der Waals surface area contributed by atoms with Crippen LogP contribution in [0, 0.1) is 0 Å². The number of carbonyl (C=O) groups excluding carboxylic acids is 1. The summed E-state index contributed by atoms with van der Waals surface area (Å²) in [7, 11) is -3.87. The number of carbonyl (C=O) groups is 1. The van der Waals surface area contributed by atoms with Gasteiger partial charge < -0.3 is 4.90 Å². The maximum atomic E-state index is 12.6. The van der Waals surface area contributed by atoms with E-state index in [2.05, 4.69) is 30.6 Å². The van der Waals surface area contributed by atoms with Crippen LogP contribution in [0.25, 0.3) is 0 Å². The van der Waals surface area contributed by atoms with E-state index in [0.717, 1.165) is 5.56 Å². The number of sulfonamides is 1. The van der Waals surface area contributed by atoms with Gasteiger partial charge in [0.2, 0.25) is 11.9 Å². The molecule has 1 N–H and O–H groups in total. The van der Waals surface area contributed by atoms with Gasteiger partial charge in [0.1, 0.15) is 4.90 Å². The highest BCUT2D eigenvalue weighted by molar-refractivity contribution is 9.10. The number of anilines is 2. The molecule has 0 bridgehead atoms. The predicted molar refractivity (Wildman–Crippen MR) is 88.7 cm³/mol. The first kappa shape index (κ1) is 15.9. The zero-order valence-corrected chi connectivity index (χ0v) is 14.6. The molecule has 3 rings (SSSR count). The summed E-state index contributed by atoms with van der Waals surface area (Å²) in [5, 5.41) is 0. The van der Waals surface area contributed by atoms with Gasteiger partial charge in [-0.05, 0) is 46.1 Å². The minimum Gasteiger partial charge on any atom is -0.312 e. The van der Waals surface area contributed by atoms with E-state index in [1.807, 2.05) is 0 Å². The third kappa shape index (κ3) is 3.06. The first-order chi connectivity index (χ1) is 10.9. The summed E-state index contributed by atoms with van der Waals surface area (Å²) in [6.45, 7) is 2.01. The highest BCUT2D eigenvalue weighted by atomic mass is 79.9. The van der Waals surface area contributed by atoms with Crippen LogP contribution in [-0.2, 0) is 21.2 Å². The molecule has 0 radical (unpaired) electrons. The molecule has 120 valence electrons. The van der Waals surface area contributed by atoms with Crippen LogP contribution in [0.3, 0.4) is 0 Å². The van der Waals surface area contributed by atoms with Crippen molar-refractivity contribution in [3.05, 3.63) is 40.6 Å². The lowest BCUT2D eigenvalue weighted by Gasteiger charge is -2.16. The summed E-state index contributed by atoms with van der Waals surface area (Å²) < 4.78 is 27.9. The summed E-state index contributed by atoms with van der Waals surface area (Å²) in [6, 6.07) is 4.83. The normalized spacial score (nSPS) is 13.7. The highest BCUT2D eigenvalue weighted by Gasteiger charge is 2.27. The first-order valence-electron chi connectivity index (χ1n) is 6.79. The Balaban J connectivity index is 2.03. The molecule has 1 aliphatic heterocycles. The standard InChI is InChI=1S/C14H13BrN4O3S/c1-9(20)19-6-3-10-7-11(15)13(8-12(10)19)23(21,22)18-14-16-4-2-5-17-14/h2,4-5,7-8H,3,6H2,1H3,(H,16,17,18). The van der Waals surface area contributed by atoms with Crippen LogP contribution in [0.2, 0.25) is 0 Å². The molecule has 0 unspecified atom stereocenters. The Morgan fingerprint density at radius 2 is 2.00 bits per heavy atom. The Kier molecular flexibility index (Phi) is 4.07. The molecule has 0 aliphatic carbocycles. The average molecular weight is 397 g/mol. The summed E-state index contributed by atoms with van der Waals surface area (Å²) in [5.41, 5.74) is 1.55. The molecule has 23 heavy (non-hydrogen) atoms. The van der Waals surface area contributed by atoms with E-state index in [0.29, 0.717) is 23.1 Å². The van der Waals surface area contributed by atoms with Crippen molar-refractivity contribution in [2.24, 2.45) is 0 Å². The zero-order chi connectivity index (χ0) is 16.6. The van der Waals surface area contributed by atoms with Gasteiger partial charge in [-0.3, -0.25) is 4.79 Å². The van der Waals surface area contributed by atoms with Crippen molar-refractivity contribution in [2.45, 2.75) is 18.2 Å². The molecular formula is C14H13BrN4O3S. The second kappa shape index (κ2) is 5.89. The smallest absolute Gasteiger partial charge is 0.265 e. The molecule has 1 aliphatic rings. The maximum Gasteiger partial charge on any atom is 0.265 e. The van der Waals surface area contributed by atoms with Crippen LogP contribution >= 0.6 is 15.9 Å². The van der Waals surface area contributed by atoms with Gasteiger partial charge in [-0.15, -0.1) is 0 Å². The Bertz CT molecular complexity index is 871. The van der Waals surface area contributed by atoms with Gasteiger partial charge in [-0.25, -0.2) is 23.1 Å². The average Bonchev–Trinajstić information content (AvgIpc) is 2.89. The van der Waals surface area contributed by atoms with Crippen LogP contribution in [-0.4, -0.2) is 30.8 Å². The van der Waals surface area contributed by atoms with Gasteiger partial charge in [-0.2, -0.15) is 0 Å². The molecule has 0 spiro atoms. The minimum absolute atomic E-state index is 0.0108. The van der Waals surface area contributed by atoms with E-state index in [1.165, 1.54) is 25.4 Å². The number of aromatic nitrogens is 2. The quantitative estimate of drug-likeness (QED) is 0.855. The molecule has 0 saturated heterocycles. The van der Waals surface area contributed by atoms with E-state index in [-0.39, 0.29) is 16.8 Å². The van der Waals surface area contributed by atoms with E-state index >= 15 is 0 Å². The summed E-state index contributed by atoms with van der Waals surface area (Å²) in [4.78, 5) is 21.0. The Morgan fingerprint density at radius 3 is 2.65 bits per heavy atom. The minimum atomic E-state index is -3.87. The first-order valence-corrected chi connectivity index (χ1v) is 9.06. The summed E-state index contributed by atoms with van der Waals surface area (Å²) in [5.74, 6) is -0.128. The van der Waals surface area contributed by atoms with Crippen LogP contribution in [0.5, 0.6) is 0 Å². The lowest BCUT2D eigenvalue weighted by molar-refractivity contribution is -0.116. The number of hydrogen-bond acceptors (Lipinski definition) is 5. The number of benzene rings is 1. The summed E-state index contributed by atoms with van der Waals surface area (Å²) in [6.07, 6.45) is 3.59. The number of nitrogens with zero attached hydrogens (tertiary/aromatic N) is 3. The van der Waals surface area contributed by atoms with E-state index in [1.54, 1.807) is 17.0 Å². The van der Waals surface area contributed by atoms with Crippen LogP contribution in [0.15, 0.2) is 40.0 Å². The van der Waals surface area contributed by atoms with Crippen molar-refractivity contribution in [1.29, 1.82) is 0 Å². The molecule has 0 atom stereocenters. The van der Waals surface area contributed by atoms with Gasteiger partial charge in [0.15, 0.2) is 0 Å². The predicted octanol–water partition coefficient (Wildman–Crippen LogP) is 1.95. The van der Waals surface area contributed by atoms with Gasteiger partial charge in [0, 0.05) is 36.0 Å². The zero-order valence-electron chi connectivity index (χ0n) is 12.2. The number of fused-ring (bicyclic) bond motifs is 1. The molecule has 9 heteroatoms. The monoisotopic (exact) mass is 396 g/mol. The SMILES string of the molecule is CC(=O)N1CCc2cc(Br)c(S(=O)(=O)Nc3ncccn3)cc21. The van der Waals surface area contributed by atoms with Gasteiger partial charge in [0.25, 0.3) is 10.0 Å². The van der Waals surface area contributed by atoms with Gasteiger partial charge in [0.05, 0.1) is 0 Å². The maximum absolute atomic E-state index is 12.6. The van der Waals surface area contributed by atoms with Crippen LogP contribution in [0.1, 0.15) is 12.5 Å². The lowest BCUT2D eigenvalue weighted by Crippen LogP contribution is -2.26. The fourth-order valence-corrected chi connectivity index (χ4v) is 4.52. The molecule has 1 aromatic heterocycles. The molecule has 0 saturated carbocycles. The molecular weight excluding hydrogens is 384 g/mol. The lowest BCUT2D eigenvalue weighted by atomic mass is 10.2. The number of rotatable bonds is 3. The van der Waals surface area contributed by atoms with E-state index in [9.17, 15) is 13.2 Å². The van der Waals surface area contributed by atoms with Crippen molar-refractivity contribution in [1.82, 2.24) is 9.97 Å². The van der Waals surface area contributed by atoms with Gasteiger partial charge >= 0.3 is 0 Å². The van der Waals surface area contributed by atoms with Crippen molar-refractivity contribution >= 4 is 43.5 Å². The van der Waals surface area contributed by atoms with Crippen molar-refractivity contribution in [2.75, 3.05) is 16.2 Å². The van der Waals surface area contributed by atoms with Crippen molar-refractivity contribution < 1.29 is 13.2 Å². The van der Waals surface area contributed by atoms with E-state index < -0.39 is 10.0 Å². The van der Waals surface area contributed by atoms with Crippen LogP contribution < -0.4 is 9.62 Å². The second-order valence-corrected chi connectivity index (χ2v) is 7.52. The number of hydrogen-bond donors (Lipinski definition) is 1. The molecule has 2 heterocycles. The van der Waals surface area contributed by atoms with E-state index in [4.69, 9.17) is 0 Å². The summed E-state index contributed by atoms with van der Waals surface area (Å²) >= 11 is 3.29. The number of nitrogens with one attached hydrogen (secondary N) is 1. The fraction of sp³-hybridized carbons (Fsp3) is 0.214. The Hall–Kier alpha value is -2.00. The third-order valence-electron chi connectivity index (χ3n) is 3.49. The Labute approximate surface area is 141 Å². The molecule has 7 nitrogen and oxygen atoms in total.